The topological polar surface area (TPSA) is 85.2 Å². The van der Waals surface area contributed by atoms with E-state index < -0.39 is 11.9 Å². The lowest BCUT2D eigenvalue weighted by atomic mass is 10.1. The number of carbonyl (C=O) groups excluding carboxylic acids is 2. The van der Waals surface area contributed by atoms with Gasteiger partial charge in [-0.2, -0.15) is 0 Å². The molecular formula is C24H20Br2FNO5S. The zero-order valence-electron chi connectivity index (χ0n) is 18.2. The lowest BCUT2D eigenvalue weighted by molar-refractivity contribution is -0.138. The van der Waals surface area contributed by atoms with Gasteiger partial charge in [0.15, 0.2) is 0 Å². The number of ether oxygens (including phenoxy) is 2. The Bertz CT molecular complexity index is 1200. The molecule has 0 aromatic heterocycles. The van der Waals surface area contributed by atoms with E-state index in [1.165, 1.54) is 12.1 Å². The van der Waals surface area contributed by atoms with E-state index in [2.05, 4.69) is 36.9 Å². The molecule has 3 rings (SSSR count). The van der Waals surface area contributed by atoms with Crippen LogP contribution >= 0.6 is 43.6 Å². The van der Waals surface area contributed by atoms with E-state index in [0.717, 1.165) is 11.8 Å². The number of aliphatic imine (C=N–C) groups is 1. The zero-order valence-corrected chi connectivity index (χ0v) is 22.2. The van der Waals surface area contributed by atoms with E-state index >= 15 is 0 Å². The summed E-state index contributed by atoms with van der Waals surface area (Å²) in [5.41, 5.74) is 1.23. The van der Waals surface area contributed by atoms with Crippen molar-refractivity contribution >= 4 is 66.6 Å². The van der Waals surface area contributed by atoms with Crippen molar-refractivity contribution in [2.75, 3.05) is 6.61 Å². The summed E-state index contributed by atoms with van der Waals surface area (Å²) in [5, 5.41) is 10.8. The van der Waals surface area contributed by atoms with Crippen molar-refractivity contribution in [3.05, 3.63) is 78.5 Å². The first-order valence-corrected chi connectivity index (χ1v) is 12.6. The van der Waals surface area contributed by atoms with Crippen molar-refractivity contribution < 1.29 is 28.6 Å². The predicted octanol–water partition coefficient (Wildman–Crippen LogP) is 6.73. The van der Waals surface area contributed by atoms with Crippen molar-refractivity contribution in [3.63, 3.8) is 0 Å². The number of hydrogen-bond acceptors (Lipinski definition) is 6. The molecule has 1 heterocycles. The second kappa shape index (κ2) is 11.8. The standard InChI is InChI=1S/C24H20Br2FNO5S/c1-3-19(29)28-23-20(24(31)32-4-2)21(30)18(34-23)11-14-9-16(25)22(17(26)10-14)33-12-13-6-5-7-15(27)8-13/h5-11,30H,3-4,12H2,1-2H3/b18-11-,28-23?. The van der Waals surface area contributed by atoms with Gasteiger partial charge in [0.25, 0.3) is 0 Å². The van der Waals surface area contributed by atoms with Crippen LogP contribution in [0.1, 0.15) is 31.4 Å². The highest BCUT2D eigenvalue weighted by Crippen LogP contribution is 2.41. The number of carbonyl (C=O) groups is 2. The second-order valence-corrected chi connectivity index (χ2v) is 9.69. The first-order chi connectivity index (χ1) is 16.2. The Balaban J connectivity index is 1.90. The normalized spacial score (nSPS) is 15.8. The summed E-state index contributed by atoms with van der Waals surface area (Å²) in [7, 11) is 0. The van der Waals surface area contributed by atoms with Crippen LogP contribution in [0.25, 0.3) is 6.08 Å². The molecule has 0 saturated heterocycles. The van der Waals surface area contributed by atoms with Crippen LogP contribution in [0.5, 0.6) is 5.75 Å². The molecule has 2 aromatic carbocycles. The number of rotatable bonds is 7. The molecule has 0 unspecified atom stereocenters. The number of amides is 1. The molecule has 1 aliphatic heterocycles. The first kappa shape index (κ1) is 26.2. The van der Waals surface area contributed by atoms with Gasteiger partial charge in [-0.15, -0.1) is 0 Å². The van der Waals surface area contributed by atoms with Gasteiger partial charge in [0.2, 0.25) is 5.91 Å². The lowest BCUT2D eigenvalue weighted by Gasteiger charge is -2.12. The van der Waals surface area contributed by atoms with E-state index in [4.69, 9.17) is 9.47 Å². The van der Waals surface area contributed by atoms with E-state index in [-0.39, 0.29) is 41.8 Å². The number of nitrogens with zero attached hydrogens (tertiary/aromatic N) is 1. The Morgan fingerprint density at radius 2 is 1.88 bits per heavy atom. The van der Waals surface area contributed by atoms with Crippen LogP contribution in [-0.4, -0.2) is 28.6 Å². The minimum atomic E-state index is -0.748. The van der Waals surface area contributed by atoms with Crippen LogP contribution in [-0.2, 0) is 20.9 Å². The van der Waals surface area contributed by atoms with E-state index in [9.17, 15) is 19.1 Å². The van der Waals surface area contributed by atoms with Gasteiger partial charge in [0.05, 0.1) is 20.5 Å². The van der Waals surface area contributed by atoms with Gasteiger partial charge < -0.3 is 14.6 Å². The highest BCUT2D eigenvalue weighted by atomic mass is 79.9. The quantitative estimate of drug-likeness (QED) is 0.349. The monoisotopic (exact) mass is 611 g/mol. The molecule has 6 nitrogen and oxygen atoms in total. The molecule has 178 valence electrons. The lowest BCUT2D eigenvalue weighted by Crippen LogP contribution is -2.14. The van der Waals surface area contributed by atoms with Gasteiger partial charge >= 0.3 is 5.97 Å². The van der Waals surface area contributed by atoms with Gasteiger partial charge in [-0.25, -0.2) is 14.2 Å². The molecule has 1 amide bonds. The molecule has 1 N–H and O–H groups in total. The third-order valence-corrected chi connectivity index (χ3v) is 6.69. The Kier molecular flexibility index (Phi) is 9.10. The third kappa shape index (κ3) is 6.37. The maximum Gasteiger partial charge on any atom is 0.344 e. The number of aliphatic hydroxyl groups is 1. The van der Waals surface area contributed by atoms with Crippen molar-refractivity contribution in [3.8, 4) is 5.75 Å². The van der Waals surface area contributed by atoms with Gasteiger partial charge in [0, 0.05) is 6.42 Å². The van der Waals surface area contributed by atoms with Crippen molar-refractivity contribution in [2.45, 2.75) is 26.9 Å². The van der Waals surface area contributed by atoms with Gasteiger partial charge in [-0.3, -0.25) is 4.79 Å². The number of thioether (sulfide) groups is 1. The molecule has 0 fully saturated rings. The van der Waals surface area contributed by atoms with Crippen LogP contribution in [0.2, 0.25) is 0 Å². The fourth-order valence-corrected chi connectivity index (χ4v) is 5.40. The van der Waals surface area contributed by atoms with E-state index in [1.54, 1.807) is 44.2 Å². The summed E-state index contributed by atoms with van der Waals surface area (Å²) in [6, 6.07) is 9.68. The van der Waals surface area contributed by atoms with Crippen LogP contribution in [0.15, 0.2) is 66.6 Å². The molecule has 1 aliphatic rings. The largest absolute Gasteiger partial charge is 0.506 e. The SMILES string of the molecule is CCOC(=O)C1=C(O)/C(=C/c2cc(Br)c(OCc3cccc(F)c3)c(Br)c2)SC1=NC(=O)CC. The molecule has 0 saturated carbocycles. The van der Waals surface area contributed by atoms with Crippen LogP contribution < -0.4 is 4.74 Å². The maximum atomic E-state index is 13.4. The fourth-order valence-electron chi connectivity index (χ4n) is 2.92. The molecule has 0 bridgehead atoms. The molecule has 34 heavy (non-hydrogen) atoms. The molecule has 2 aromatic rings. The summed E-state index contributed by atoms with van der Waals surface area (Å²) >= 11 is 7.97. The summed E-state index contributed by atoms with van der Waals surface area (Å²) < 4.78 is 25.5. The zero-order chi connectivity index (χ0) is 24.8. The fraction of sp³-hybridized carbons (Fsp3) is 0.208. The Morgan fingerprint density at radius 1 is 1.18 bits per heavy atom. The third-order valence-electron chi connectivity index (χ3n) is 4.49. The number of esters is 1. The van der Waals surface area contributed by atoms with Gasteiger partial charge in [-0.1, -0.05) is 30.8 Å². The molecule has 0 spiro atoms. The van der Waals surface area contributed by atoms with Crippen LogP contribution in [0.4, 0.5) is 4.39 Å². The number of halogens is 3. The summed E-state index contributed by atoms with van der Waals surface area (Å²) in [5.74, 6) is -1.28. The minimum absolute atomic E-state index is 0.0993. The Labute approximate surface area is 217 Å². The predicted molar refractivity (Wildman–Crippen MR) is 137 cm³/mol. The second-order valence-electron chi connectivity index (χ2n) is 6.95. The van der Waals surface area contributed by atoms with Gasteiger partial charge in [-0.05, 0) is 80.3 Å². The average Bonchev–Trinajstić information content (AvgIpc) is 3.07. The highest BCUT2D eigenvalue weighted by Gasteiger charge is 2.33. The van der Waals surface area contributed by atoms with E-state index in [0.29, 0.717) is 30.7 Å². The Hall–Kier alpha value is -2.43. The summed E-state index contributed by atoms with van der Waals surface area (Å²) in [6.07, 6.45) is 1.82. The molecule has 0 aliphatic carbocycles. The number of hydrogen-bond donors (Lipinski definition) is 1. The van der Waals surface area contributed by atoms with Crippen LogP contribution in [0.3, 0.4) is 0 Å². The highest BCUT2D eigenvalue weighted by molar-refractivity contribution is 9.11. The molecular weight excluding hydrogens is 593 g/mol. The number of aliphatic hydroxyl groups excluding tert-OH is 1. The van der Waals surface area contributed by atoms with E-state index in [1.807, 2.05) is 0 Å². The van der Waals surface area contributed by atoms with Gasteiger partial charge in [0.1, 0.15) is 34.5 Å². The minimum Gasteiger partial charge on any atom is -0.506 e. The number of benzene rings is 2. The van der Waals surface area contributed by atoms with Crippen LogP contribution in [0, 0.1) is 5.82 Å². The molecule has 10 heteroatoms. The average molecular weight is 613 g/mol. The first-order valence-electron chi connectivity index (χ1n) is 10.2. The van der Waals surface area contributed by atoms with Crippen molar-refractivity contribution in [2.24, 2.45) is 4.99 Å². The van der Waals surface area contributed by atoms with Crippen molar-refractivity contribution in [1.29, 1.82) is 0 Å². The van der Waals surface area contributed by atoms with Crippen molar-refractivity contribution in [1.82, 2.24) is 0 Å². The maximum absolute atomic E-state index is 13.4. The Morgan fingerprint density at radius 3 is 2.50 bits per heavy atom. The summed E-state index contributed by atoms with van der Waals surface area (Å²) in [4.78, 5) is 28.5. The summed E-state index contributed by atoms with van der Waals surface area (Å²) in [6.45, 7) is 3.59. The smallest absolute Gasteiger partial charge is 0.344 e. The molecule has 0 radical (unpaired) electrons. The molecule has 0 atom stereocenters.